The number of carbonyl (C=O) groups is 1. The molecule has 1 unspecified atom stereocenters. The Bertz CT molecular complexity index is 1110. The smallest absolute Gasteiger partial charge is 0.340 e. The van der Waals surface area contributed by atoms with Gasteiger partial charge >= 0.3 is 11.7 Å². The number of fused-ring (bicyclic) bond motifs is 1. The number of benzene rings is 1. The third-order valence-corrected chi connectivity index (χ3v) is 5.62. The van der Waals surface area contributed by atoms with E-state index in [1.165, 1.54) is 20.5 Å². The second-order valence-electron chi connectivity index (χ2n) is 7.39. The number of rotatable bonds is 6. The molecular weight excluding hydrogens is 376 g/mol. The maximum absolute atomic E-state index is 13.1. The second-order valence-corrected chi connectivity index (χ2v) is 8.25. The van der Waals surface area contributed by atoms with Crippen molar-refractivity contribution in [2.45, 2.75) is 39.8 Å². The van der Waals surface area contributed by atoms with Crippen LogP contribution >= 0.6 is 11.3 Å². The molecule has 28 heavy (non-hydrogen) atoms. The van der Waals surface area contributed by atoms with Crippen molar-refractivity contribution in [1.82, 2.24) is 9.13 Å². The predicted molar refractivity (Wildman–Crippen MR) is 111 cm³/mol. The van der Waals surface area contributed by atoms with Crippen molar-refractivity contribution in [2.75, 3.05) is 0 Å². The van der Waals surface area contributed by atoms with E-state index in [2.05, 4.69) is 13.8 Å². The van der Waals surface area contributed by atoms with Crippen molar-refractivity contribution in [3.8, 4) is 0 Å². The van der Waals surface area contributed by atoms with E-state index in [1.807, 2.05) is 37.3 Å². The Hall–Kier alpha value is -2.67. The van der Waals surface area contributed by atoms with Crippen LogP contribution in [0.2, 0.25) is 0 Å². The molecule has 0 radical (unpaired) electrons. The topological polar surface area (TPSA) is 70.3 Å². The number of nitrogens with zero attached hydrogens (tertiary/aromatic N) is 2. The van der Waals surface area contributed by atoms with Crippen LogP contribution in [-0.2, 0) is 18.3 Å². The minimum Gasteiger partial charge on any atom is -0.459 e. The number of esters is 1. The van der Waals surface area contributed by atoms with Gasteiger partial charge in [-0.2, -0.15) is 0 Å². The maximum Gasteiger partial charge on any atom is 0.340 e. The number of thiophene rings is 1. The van der Waals surface area contributed by atoms with E-state index in [0.717, 1.165) is 12.0 Å². The summed E-state index contributed by atoms with van der Waals surface area (Å²) in [6, 6.07) is 9.29. The molecule has 0 aliphatic rings. The molecule has 3 aromatic rings. The fraction of sp³-hybridized carbons (Fsp3) is 0.381. The van der Waals surface area contributed by atoms with Gasteiger partial charge in [-0.25, -0.2) is 9.59 Å². The molecule has 0 saturated heterocycles. The van der Waals surface area contributed by atoms with Crippen molar-refractivity contribution in [3.05, 3.63) is 67.7 Å². The van der Waals surface area contributed by atoms with Crippen LogP contribution in [0.15, 0.2) is 45.3 Å². The van der Waals surface area contributed by atoms with E-state index in [-0.39, 0.29) is 23.6 Å². The Morgan fingerprint density at radius 3 is 2.46 bits per heavy atom. The van der Waals surface area contributed by atoms with E-state index in [9.17, 15) is 14.4 Å². The summed E-state index contributed by atoms with van der Waals surface area (Å²) in [5.41, 5.74) is 0.187. The summed E-state index contributed by atoms with van der Waals surface area (Å²) in [6.07, 6.45) is 0.492. The van der Waals surface area contributed by atoms with Gasteiger partial charge in [0.2, 0.25) is 0 Å². The lowest BCUT2D eigenvalue weighted by Crippen LogP contribution is -2.39. The van der Waals surface area contributed by atoms with Gasteiger partial charge in [0.1, 0.15) is 4.83 Å². The molecule has 0 saturated carbocycles. The lowest BCUT2D eigenvalue weighted by Gasteiger charge is -2.15. The van der Waals surface area contributed by atoms with Gasteiger partial charge in [-0.05, 0) is 24.8 Å². The summed E-state index contributed by atoms with van der Waals surface area (Å²) < 4.78 is 8.11. The SMILES string of the molecule is CC(C)CC(C)OC(=O)c1csc2c1c(=O)n(Cc1ccccc1)c(=O)n2C. The normalized spacial score (nSPS) is 12.5. The summed E-state index contributed by atoms with van der Waals surface area (Å²) in [5, 5.41) is 1.84. The zero-order chi connectivity index (χ0) is 20.4. The number of hydrogen-bond donors (Lipinski definition) is 0. The number of aromatic nitrogens is 2. The number of hydrogen-bond acceptors (Lipinski definition) is 5. The van der Waals surface area contributed by atoms with Crippen molar-refractivity contribution in [3.63, 3.8) is 0 Å². The summed E-state index contributed by atoms with van der Waals surface area (Å²) in [6.45, 7) is 6.11. The summed E-state index contributed by atoms with van der Waals surface area (Å²) in [7, 11) is 1.61. The number of carbonyl (C=O) groups excluding carboxylic acids is 1. The number of aryl methyl sites for hydroxylation is 1. The standard InChI is InChI=1S/C21H24N2O4S/c1-13(2)10-14(3)27-20(25)16-12-28-19-17(16)18(24)23(21(26)22(19)4)11-15-8-6-5-7-9-15/h5-9,12-14H,10-11H2,1-4H3. The first-order chi connectivity index (χ1) is 13.3. The van der Waals surface area contributed by atoms with Gasteiger partial charge in [0, 0.05) is 12.4 Å². The van der Waals surface area contributed by atoms with E-state index in [1.54, 1.807) is 12.4 Å². The third kappa shape index (κ3) is 3.94. The molecule has 0 aliphatic carbocycles. The Balaban J connectivity index is 2.06. The van der Waals surface area contributed by atoms with Crippen LogP contribution in [0, 0.1) is 5.92 Å². The highest BCUT2D eigenvalue weighted by atomic mass is 32.1. The van der Waals surface area contributed by atoms with Crippen LogP contribution in [0.4, 0.5) is 0 Å². The van der Waals surface area contributed by atoms with Crippen molar-refractivity contribution >= 4 is 27.5 Å². The van der Waals surface area contributed by atoms with Gasteiger partial charge in [-0.15, -0.1) is 11.3 Å². The molecular formula is C21H24N2O4S. The van der Waals surface area contributed by atoms with Gasteiger partial charge in [-0.3, -0.25) is 13.9 Å². The minimum atomic E-state index is -0.526. The monoisotopic (exact) mass is 400 g/mol. The Morgan fingerprint density at radius 1 is 1.14 bits per heavy atom. The van der Waals surface area contributed by atoms with E-state index >= 15 is 0 Å². The van der Waals surface area contributed by atoms with Gasteiger partial charge in [0.25, 0.3) is 5.56 Å². The van der Waals surface area contributed by atoms with Crippen molar-refractivity contribution in [1.29, 1.82) is 0 Å². The maximum atomic E-state index is 13.1. The average Bonchev–Trinajstić information content (AvgIpc) is 3.09. The summed E-state index contributed by atoms with van der Waals surface area (Å²) >= 11 is 1.20. The number of ether oxygens (including phenoxy) is 1. The van der Waals surface area contributed by atoms with Gasteiger partial charge in [-0.1, -0.05) is 44.2 Å². The lowest BCUT2D eigenvalue weighted by molar-refractivity contribution is 0.0302. The molecule has 0 bridgehead atoms. The Morgan fingerprint density at radius 2 is 1.82 bits per heavy atom. The highest BCUT2D eigenvalue weighted by Crippen LogP contribution is 2.23. The lowest BCUT2D eigenvalue weighted by atomic mass is 10.1. The minimum absolute atomic E-state index is 0.149. The molecule has 0 amide bonds. The fourth-order valence-electron chi connectivity index (χ4n) is 3.30. The van der Waals surface area contributed by atoms with Crippen LogP contribution < -0.4 is 11.2 Å². The first kappa shape index (κ1) is 20.1. The van der Waals surface area contributed by atoms with Gasteiger partial charge < -0.3 is 4.74 Å². The molecule has 2 aromatic heterocycles. The van der Waals surface area contributed by atoms with Crippen LogP contribution in [-0.4, -0.2) is 21.2 Å². The average molecular weight is 401 g/mol. The van der Waals surface area contributed by atoms with Crippen molar-refractivity contribution < 1.29 is 9.53 Å². The highest BCUT2D eigenvalue weighted by molar-refractivity contribution is 7.17. The first-order valence-electron chi connectivity index (χ1n) is 9.25. The quantitative estimate of drug-likeness (QED) is 0.595. The molecule has 148 valence electrons. The zero-order valence-electron chi connectivity index (χ0n) is 16.5. The van der Waals surface area contributed by atoms with Crippen LogP contribution in [0.25, 0.3) is 10.2 Å². The molecule has 0 N–H and O–H groups in total. The van der Waals surface area contributed by atoms with Gasteiger partial charge in [0.15, 0.2) is 0 Å². The Labute approximate surface area is 167 Å². The van der Waals surface area contributed by atoms with Crippen molar-refractivity contribution in [2.24, 2.45) is 13.0 Å². The summed E-state index contributed by atoms with van der Waals surface area (Å²) in [5.74, 6) is -0.132. The molecule has 1 aromatic carbocycles. The zero-order valence-corrected chi connectivity index (χ0v) is 17.3. The van der Waals surface area contributed by atoms with Crippen LogP contribution in [0.1, 0.15) is 43.1 Å². The Kier molecular flexibility index (Phi) is 5.84. The summed E-state index contributed by atoms with van der Waals surface area (Å²) in [4.78, 5) is 39.0. The van der Waals surface area contributed by atoms with Gasteiger partial charge in [0.05, 0.1) is 23.6 Å². The largest absolute Gasteiger partial charge is 0.459 e. The highest BCUT2D eigenvalue weighted by Gasteiger charge is 2.23. The van der Waals surface area contributed by atoms with E-state index in [0.29, 0.717) is 10.7 Å². The molecule has 2 heterocycles. The molecule has 3 rings (SSSR count). The van der Waals surface area contributed by atoms with E-state index < -0.39 is 17.2 Å². The molecule has 0 fully saturated rings. The molecule has 1 atom stereocenters. The molecule has 0 spiro atoms. The molecule has 0 aliphatic heterocycles. The molecule has 7 heteroatoms. The second kappa shape index (κ2) is 8.14. The molecule has 6 nitrogen and oxygen atoms in total. The fourth-order valence-corrected chi connectivity index (χ4v) is 4.30. The van der Waals surface area contributed by atoms with Crippen LogP contribution in [0.3, 0.4) is 0 Å². The van der Waals surface area contributed by atoms with E-state index in [4.69, 9.17) is 4.74 Å². The predicted octanol–water partition coefficient (Wildman–Crippen LogP) is 3.40. The third-order valence-electron chi connectivity index (χ3n) is 4.57. The first-order valence-corrected chi connectivity index (χ1v) is 10.1. The van der Waals surface area contributed by atoms with Crippen LogP contribution in [0.5, 0.6) is 0 Å².